The zero-order valence-corrected chi connectivity index (χ0v) is 18.7. The molecule has 2 heterocycles. The highest BCUT2D eigenvalue weighted by atomic mass is 19.1. The van der Waals surface area contributed by atoms with Crippen LogP contribution in [0.1, 0.15) is 41.7 Å². The molecule has 174 valence electrons. The lowest BCUT2D eigenvalue weighted by Gasteiger charge is -2.26. The number of pyridine rings is 1. The minimum Gasteiger partial charge on any atom is -0.481 e. The van der Waals surface area contributed by atoms with Crippen molar-refractivity contribution in [2.75, 3.05) is 6.54 Å². The van der Waals surface area contributed by atoms with Crippen molar-refractivity contribution >= 4 is 33.6 Å². The minimum absolute atomic E-state index is 0.0301. The van der Waals surface area contributed by atoms with Gasteiger partial charge in [-0.1, -0.05) is 24.3 Å². The molecule has 1 fully saturated rings. The van der Waals surface area contributed by atoms with Crippen LogP contribution in [0, 0.1) is 17.7 Å². The van der Waals surface area contributed by atoms with E-state index in [1.54, 1.807) is 6.07 Å². The van der Waals surface area contributed by atoms with Crippen LogP contribution in [0.25, 0.3) is 21.7 Å². The normalized spacial score (nSPS) is 18.3. The topological polar surface area (TPSA) is 84.2 Å². The van der Waals surface area contributed by atoms with Crippen LogP contribution in [0.5, 0.6) is 0 Å². The van der Waals surface area contributed by atoms with E-state index < -0.39 is 17.7 Å². The number of carbonyl (C=O) groups is 2. The molecule has 1 aliphatic rings. The van der Waals surface area contributed by atoms with Crippen LogP contribution in [0.3, 0.4) is 0 Å². The average molecular weight is 460 g/mol. The Bertz CT molecular complexity index is 1370. The summed E-state index contributed by atoms with van der Waals surface area (Å²) in [6.07, 6.45) is 6.39. The molecule has 0 unspecified atom stereocenters. The Morgan fingerprint density at radius 1 is 1.03 bits per heavy atom. The largest absolute Gasteiger partial charge is 0.481 e. The number of aromatic nitrogens is 2. The first-order chi connectivity index (χ1) is 16.5. The number of nitrogens with one attached hydrogen (secondary N) is 1. The van der Waals surface area contributed by atoms with Crippen LogP contribution in [0.2, 0.25) is 0 Å². The quantitative estimate of drug-likeness (QED) is 0.425. The highest BCUT2D eigenvalue weighted by Gasteiger charge is 2.27. The summed E-state index contributed by atoms with van der Waals surface area (Å²) in [7, 11) is 0. The van der Waals surface area contributed by atoms with Crippen molar-refractivity contribution in [2.24, 2.45) is 11.8 Å². The predicted octanol–water partition coefficient (Wildman–Crippen LogP) is 5.00. The maximum absolute atomic E-state index is 14.9. The SMILES string of the molecule is O=C(NC[C@H]1CC[C@H](C(=O)O)CC1)c1c(F)ccc2ccn(Cc3cc4ccccc4cn3)c12. The van der Waals surface area contributed by atoms with Gasteiger partial charge in [-0.2, -0.15) is 0 Å². The fraction of sp³-hybridized carbons (Fsp3) is 0.296. The standard InChI is InChI=1S/C27H26FN3O3/c28-23-10-9-18-11-12-31(16-22-13-20-3-1-2-4-21(20)15-29-22)25(18)24(23)26(32)30-14-17-5-7-19(8-6-17)27(33)34/h1-4,9-13,15,17,19H,5-8,14,16H2,(H,30,32)(H,33,34)/t17-,19-. The van der Waals surface area contributed by atoms with Crippen molar-refractivity contribution in [1.29, 1.82) is 0 Å². The number of nitrogens with zero attached hydrogens (tertiary/aromatic N) is 2. The molecule has 0 saturated heterocycles. The van der Waals surface area contributed by atoms with Gasteiger partial charge in [0.15, 0.2) is 0 Å². The molecule has 34 heavy (non-hydrogen) atoms. The Kier molecular flexibility index (Phi) is 6.01. The third kappa shape index (κ3) is 4.38. The number of amides is 1. The summed E-state index contributed by atoms with van der Waals surface area (Å²) >= 11 is 0. The lowest BCUT2D eigenvalue weighted by molar-refractivity contribution is -0.143. The fourth-order valence-electron chi connectivity index (χ4n) is 4.95. The highest BCUT2D eigenvalue weighted by Crippen LogP contribution is 2.29. The van der Waals surface area contributed by atoms with E-state index >= 15 is 0 Å². The van der Waals surface area contributed by atoms with Gasteiger partial charge in [0.2, 0.25) is 0 Å². The summed E-state index contributed by atoms with van der Waals surface area (Å²) in [6.45, 7) is 0.825. The first-order valence-electron chi connectivity index (χ1n) is 11.6. The molecule has 1 aliphatic carbocycles. The van der Waals surface area contributed by atoms with Crippen molar-refractivity contribution in [3.63, 3.8) is 0 Å². The third-order valence-corrected chi connectivity index (χ3v) is 6.87. The van der Waals surface area contributed by atoms with E-state index in [0.29, 0.717) is 31.4 Å². The molecule has 2 N–H and O–H groups in total. The summed E-state index contributed by atoms with van der Waals surface area (Å²) in [5.41, 5.74) is 1.39. The summed E-state index contributed by atoms with van der Waals surface area (Å²) in [4.78, 5) is 28.8. The number of benzene rings is 2. The van der Waals surface area contributed by atoms with E-state index in [1.807, 2.05) is 53.4 Å². The van der Waals surface area contributed by atoms with E-state index in [9.17, 15) is 14.0 Å². The molecule has 0 aliphatic heterocycles. The Hall–Kier alpha value is -3.74. The number of hydrogen-bond acceptors (Lipinski definition) is 3. The third-order valence-electron chi connectivity index (χ3n) is 6.87. The molecular formula is C27H26FN3O3. The molecule has 1 saturated carbocycles. The molecule has 0 spiro atoms. The number of halogens is 1. The first-order valence-corrected chi connectivity index (χ1v) is 11.6. The van der Waals surface area contributed by atoms with Crippen LogP contribution in [-0.2, 0) is 11.3 Å². The van der Waals surface area contributed by atoms with Gasteiger partial charge in [0.1, 0.15) is 5.82 Å². The van der Waals surface area contributed by atoms with Crippen LogP contribution in [-0.4, -0.2) is 33.1 Å². The number of aliphatic carboxylic acids is 1. The van der Waals surface area contributed by atoms with Crippen LogP contribution in [0.15, 0.2) is 60.9 Å². The number of rotatable bonds is 6. The van der Waals surface area contributed by atoms with Crippen LogP contribution in [0.4, 0.5) is 4.39 Å². The molecule has 0 atom stereocenters. The van der Waals surface area contributed by atoms with Crippen molar-refractivity contribution in [3.05, 3.63) is 78.0 Å². The average Bonchev–Trinajstić information content (AvgIpc) is 3.25. The Morgan fingerprint density at radius 2 is 1.79 bits per heavy atom. The van der Waals surface area contributed by atoms with Gasteiger partial charge >= 0.3 is 5.97 Å². The van der Waals surface area contributed by atoms with Crippen molar-refractivity contribution in [3.8, 4) is 0 Å². The van der Waals surface area contributed by atoms with Crippen LogP contribution >= 0.6 is 0 Å². The highest BCUT2D eigenvalue weighted by molar-refractivity contribution is 6.06. The lowest BCUT2D eigenvalue weighted by atomic mass is 9.82. The van der Waals surface area contributed by atoms with Gasteiger partial charge < -0.3 is 15.0 Å². The zero-order valence-electron chi connectivity index (χ0n) is 18.7. The summed E-state index contributed by atoms with van der Waals surface area (Å²) < 4.78 is 16.8. The first kappa shape index (κ1) is 22.1. The number of fused-ring (bicyclic) bond motifs is 2. The number of hydrogen-bond donors (Lipinski definition) is 2. The predicted molar refractivity (Wildman–Crippen MR) is 128 cm³/mol. The Labute approximate surface area is 196 Å². The lowest BCUT2D eigenvalue weighted by Crippen LogP contribution is -2.33. The van der Waals surface area contributed by atoms with Crippen molar-refractivity contribution in [2.45, 2.75) is 32.2 Å². The van der Waals surface area contributed by atoms with Gasteiger partial charge in [-0.25, -0.2) is 4.39 Å². The molecule has 0 bridgehead atoms. The van der Waals surface area contributed by atoms with Crippen molar-refractivity contribution in [1.82, 2.24) is 14.9 Å². The van der Waals surface area contributed by atoms with E-state index in [4.69, 9.17) is 5.11 Å². The minimum atomic E-state index is -0.752. The fourth-order valence-corrected chi connectivity index (χ4v) is 4.95. The molecule has 7 heteroatoms. The zero-order chi connectivity index (χ0) is 23.7. The summed E-state index contributed by atoms with van der Waals surface area (Å²) in [5, 5.41) is 15.0. The second-order valence-electron chi connectivity index (χ2n) is 9.09. The van der Waals surface area contributed by atoms with Gasteiger partial charge in [0.25, 0.3) is 5.91 Å². The van der Waals surface area contributed by atoms with E-state index in [0.717, 1.165) is 34.7 Å². The van der Waals surface area contributed by atoms with Gasteiger partial charge in [-0.05, 0) is 61.3 Å². The molecule has 5 rings (SSSR count). The molecule has 0 radical (unpaired) electrons. The Balaban J connectivity index is 1.37. The maximum atomic E-state index is 14.9. The Morgan fingerprint density at radius 3 is 2.56 bits per heavy atom. The summed E-state index contributed by atoms with van der Waals surface area (Å²) in [6, 6.07) is 14.9. The smallest absolute Gasteiger partial charge is 0.306 e. The molecule has 1 amide bonds. The molecule has 6 nitrogen and oxygen atoms in total. The van der Waals surface area contributed by atoms with E-state index in [1.165, 1.54) is 6.07 Å². The summed E-state index contributed by atoms with van der Waals surface area (Å²) in [5.74, 6) is -1.86. The van der Waals surface area contributed by atoms with E-state index in [-0.39, 0.29) is 17.4 Å². The monoisotopic (exact) mass is 459 g/mol. The molecule has 4 aromatic rings. The second kappa shape index (κ2) is 9.25. The number of carboxylic acids is 1. The molecule has 2 aromatic heterocycles. The number of carboxylic acid groups (broad SMARTS) is 1. The van der Waals surface area contributed by atoms with Crippen molar-refractivity contribution < 1.29 is 19.1 Å². The van der Waals surface area contributed by atoms with Gasteiger partial charge in [0.05, 0.1) is 29.2 Å². The maximum Gasteiger partial charge on any atom is 0.306 e. The van der Waals surface area contributed by atoms with Gasteiger partial charge in [-0.3, -0.25) is 14.6 Å². The second-order valence-corrected chi connectivity index (χ2v) is 9.09. The number of carbonyl (C=O) groups excluding carboxylic acids is 1. The van der Waals surface area contributed by atoms with Gasteiger partial charge in [-0.15, -0.1) is 0 Å². The van der Waals surface area contributed by atoms with E-state index in [2.05, 4.69) is 10.3 Å². The van der Waals surface area contributed by atoms with Gasteiger partial charge in [0, 0.05) is 29.7 Å². The molecule has 2 aromatic carbocycles. The van der Waals surface area contributed by atoms with Crippen LogP contribution < -0.4 is 5.32 Å². The molecular weight excluding hydrogens is 433 g/mol.